The standard InChI is InChI=1S/C17H16N4/c1-12-9-17(20-15-6-7-15)21-16(19-12)8-5-13-3-2-4-14(10-13)11-18/h2-5,8-10,15H,6-7H2,1H3,(H,19,20,21). The van der Waals surface area contributed by atoms with Crippen molar-refractivity contribution in [2.45, 2.75) is 25.8 Å². The van der Waals surface area contributed by atoms with Gasteiger partial charge in [-0.3, -0.25) is 0 Å². The molecule has 1 saturated carbocycles. The Labute approximate surface area is 124 Å². The average molecular weight is 276 g/mol. The fourth-order valence-electron chi connectivity index (χ4n) is 2.06. The first-order valence-corrected chi connectivity index (χ1v) is 7.03. The molecule has 0 aliphatic heterocycles. The van der Waals surface area contributed by atoms with Gasteiger partial charge in [-0.15, -0.1) is 0 Å². The summed E-state index contributed by atoms with van der Waals surface area (Å²) in [7, 11) is 0. The van der Waals surface area contributed by atoms with E-state index in [1.165, 1.54) is 12.8 Å². The minimum absolute atomic E-state index is 0.573. The lowest BCUT2D eigenvalue weighted by atomic mass is 10.1. The van der Waals surface area contributed by atoms with Crippen LogP contribution in [0.1, 0.15) is 35.5 Å². The van der Waals surface area contributed by atoms with E-state index in [-0.39, 0.29) is 0 Å². The van der Waals surface area contributed by atoms with Crippen LogP contribution in [0.4, 0.5) is 5.82 Å². The van der Waals surface area contributed by atoms with E-state index in [2.05, 4.69) is 21.4 Å². The molecule has 1 aromatic heterocycles. The zero-order chi connectivity index (χ0) is 14.7. The van der Waals surface area contributed by atoms with Crippen molar-refractivity contribution in [2.75, 3.05) is 5.32 Å². The molecule has 0 saturated heterocycles. The zero-order valence-corrected chi connectivity index (χ0v) is 11.9. The van der Waals surface area contributed by atoms with Gasteiger partial charge in [-0.2, -0.15) is 5.26 Å². The third kappa shape index (κ3) is 3.67. The maximum absolute atomic E-state index is 8.90. The second kappa shape index (κ2) is 5.76. The Balaban J connectivity index is 1.81. The number of anilines is 1. The van der Waals surface area contributed by atoms with E-state index in [0.29, 0.717) is 17.4 Å². The summed E-state index contributed by atoms with van der Waals surface area (Å²) < 4.78 is 0. The smallest absolute Gasteiger partial charge is 0.154 e. The Hall–Kier alpha value is -2.67. The van der Waals surface area contributed by atoms with Crippen LogP contribution in [0.15, 0.2) is 30.3 Å². The van der Waals surface area contributed by atoms with Crippen LogP contribution >= 0.6 is 0 Å². The highest BCUT2D eigenvalue weighted by Gasteiger charge is 2.21. The first kappa shape index (κ1) is 13.3. The summed E-state index contributed by atoms with van der Waals surface area (Å²) in [6.45, 7) is 1.97. The van der Waals surface area contributed by atoms with Crippen molar-refractivity contribution in [3.63, 3.8) is 0 Å². The summed E-state index contributed by atoms with van der Waals surface area (Å²) in [6.07, 6.45) is 6.24. The molecule has 1 heterocycles. The third-order valence-corrected chi connectivity index (χ3v) is 3.24. The van der Waals surface area contributed by atoms with Crippen molar-refractivity contribution in [3.8, 4) is 6.07 Å². The van der Waals surface area contributed by atoms with Crippen molar-refractivity contribution in [1.82, 2.24) is 9.97 Å². The molecule has 3 rings (SSSR count). The summed E-state index contributed by atoms with van der Waals surface area (Å²) in [6, 6.07) is 12.1. The number of aryl methyl sites for hydroxylation is 1. The summed E-state index contributed by atoms with van der Waals surface area (Å²) in [5, 5.41) is 12.3. The van der Waals surface area contributed by atoms with E-state index in [4.69, 9.17) is 5.26 Å². The molecule has 0 spiro atoms. The van der Waals surface area contributed by atoms with Gasteiger partial charge in [0.25, 0.3) is 0 Å². The minimum Gasteiger partial charge on any atom is -0.367 e. The predicted octanol–water partition coefficient (Wildman–Crippen LogP) is 3.40. The maximum atomic E-state index is 8.90. The lowest BCUT2D eigenvalue weighted by Gasteiger charge is -2.05. The van der Waals surface area contributed by atoms with Crippen molar-refractivity contribution in [2.24, 2.45) is 0 Å². The van der Waals surface area contributed by atoms with Crippen LogP contribution in [0.2, 0.25) is 0 Å². The van der Waals surface area contributed by atoms with Crippen LogP contribution in [-0.4, -0.2) is 16.0 Å². The molecule has 1 aromatic carbocycles. The molecule has 0 amide bonds. The Bertz CT molecular complexity index is 724. The number of hydrogen-bond donors (Lipinski definition) is 1. The number of benzene rings is 1. The zero-order valence-electron chi connectivity index (χ0n) is 11.9. The molecule has 0 atom stereocenters. The molecule has 0 bridgehead atoms. The highest BCUT2D eigenvalue weighted by atomic mass is 15.1. The van der Waals surface area contributed by atoms with Crippen LogP contribution in [0, 0.1) is 18.3 Å². The average Bonchev–Trinajstić information content (AvgIpc) is 3.29. The molecule has 21 heavy (non-hydrogen) atoms. The van der Waals surface area contributed by atoms with Crippen molar-refractivity contribution in [3.05, 3.63) is 53.0 Å². The van der Waals surface area contributed by atoms with Gasteiger partial charge in [0.1, 0.15) is 5.82 Å². The molecule has 4 heteroatoms. The molecular weight excluding hydrogens is 260 g/mol. The Kier molecular flexibility index (Phi) is 3.65. The molecule has 1 aliphatic carbocycles. The summed E-state index contributed by atoms with van der Waals surface area (Å²) in [5.41, 5.74) is 2.56. The van der Waals surface area contributed by atoms with Gasteiger partial charge in [-0.1, -0.05) is 18.2 Å². The molecule has 104 valence electrons. The van der Waals surface area contributed by atoms with Crippen molar-refractivity contribution >= 4 is 18.0 Å². The highest BCUT2D eigenvalue weighted by Crippen LogP contribution is 2.24. The number of rotatable bonds is 4. The van der Waals surface area contributed by atoms with E-state index in [1.54, 1.807) is 6.07 Å². The first-order valence-electron chi connectivity index (χ1n) is 7.03. The molecule has 1 fully saturated rings. The molecular formula is C17H16N4. The minimum atomic E-state index is 0.573. The molecule has 1 N–H and O–H groups in total. The number of nitrogens with zero attached hydrogens (tertiary/aromatic N) is 3. The third-order valence-electron chi connectivity index (χ3n) is 3.24. The maximum Gasteiger partial charge on any atom is 0.154 e. The molecule has 0 unspecified atom stereocenters. The lowest BCUT2D eigenvalue weighted by Crippen LogP contribution is -2.05. The number of aromatic nitrogens is 2. The molecule has 0 radical (unpaired) electrons. The van der Waals surface area contributed by atoms with E-state index in [9.17, 15) is 0 Å². The molecule has 2 aromatic rings. The van der Waals surface area contributed by atoms with Crippen LogP contribution < -0.4 is 5.32 Å². The summed E-state index contributed by atoms with van der Waals surface area (Å²) >= 11 is 0. The first-order chi connectivity index (χ1) is 10.2. The van der Waals surface area contributed by atoms with Crippen LogP contribution in [-0.2, 0) is 0 Å². The summed E-state index contributed by atoms with van der Waals surface area (Å²) in [5.74, 6) is 1.57. The van der Waals surface area contributed by atoms with Gasteiger partial charge in [0.05, 0.1) is 11.6 Å². The molecule has 1 aliphatic rings. The van der Waals surface area contributed by atoms with Gasteiger partial charge in [0, 0.05) is 17.8 Å². The monoisotopic (exact) mass is 276 g/mol. The lowest BCUT2D eigenvalue weighted by molar-refractivity contribution is 1.04. The quantitative estimate of drug-likeness (QED) is 0.929. The van der Waals surface area contributed by atoms with Crippen LogP contribution in [0.3, 0.4) is 0 Å². The largest absolute Gasteiger partial charge is 0.367 e. The predicted molar refractivity (Wildman–Crippen MR) is 83.5 cm³/mol. The van der Waals surface area contributed by atoms with E-state index >= 15 is 0 Å². The van der Waals surface area contributed by atoms with E-state index < -0.39 is 0 Å². The van der Waals surface area contributed by atoms with E-state index in [0.717, 1.165) is 17.1 Å². The Morgan fingerprint density at radius 1 is 1.24 bits per heavy atom. The second-order valence-corrected chi connectivity index (χ2v) is 5.24. The summed E-state index contributed by atoms with van der Waals surface area (Å²) in [4.78, 5) is 8.91. The number of hydrogen-bond acceptors (Lipinski definition) is 4. The van der Waals surface area contributed by atoms with Crippen molar-refractivity contribution < 1.29 is 0 Å². The van der Waals surface area contributed by atoms with Crippen molar-refractivity contribution in [1.29, 1.82) is 5.26 Å². The fourth-order valence-corrected chi connectivity index (χ4v) is 2.06. The topological polar surface area (TPSA) is 61.6 Å². The van der Waals surface area contributed by atoms with Crippen LogP contribution in [0.25, 0.3) is 12.2 Å². The van der Waals surface area contributed by atoms with Gasteiger partial charge in [0.15, 0.2) is 5.82 Å². The van der Waals surface area contributed by atoms with Gasteiger partial charge >= 0.3 is 0 Å². The normalized spacial score (nSPS) is 14.1. The molecule has 4 nitrogen and oxygen atoms in total. The van der Waals surface area contributed by atoms with Gasteiger partial charge in [0.2, 0.25) is 0 Å². The van der Waals surface area contributed by atoms with Gasteiger partial charge in [-0.25, -0.2) is 9.97 Å². The van der Waals surface area contributed by atoms with Gasteiger partial charge in [-0.05, 0) is 43.5 Å². The second-order valence-electron chi connectivity index (χ2n) is 5.24. The fraction of sp³-hybridized carbons (Fsp3) is 0.235. The van der Waals surface area contributed by atoms with Crippen LogP contribution in [0.5, 0.6) is 0 Å². The van der Waals surface area contributed by atoms with E-state index in [1.807, 2.05) is 43.3 Å². The number of nitriles is 1. The Morgan fingerprint density at radius 3 is 2.86 bits per heavy atom. The number of nitrogens with one attached hydrogen (secondary N) is 1. The highest BCUT2D eigenvalue weighted by molar-refractivity contribution is 5.68. The SMILES string of the molecule is Cc1cc(NC2CC2)nc(C=Cc2cccc(C#N)c2)n1. The van der Waals surface area contributed by atoms with Gasteiger partial charge < -0.3 is 5.32 Å². The Morgan fingerprint density at radius 2 is 2.10 bits per heavy atom.